The van der Waals surface area contributed by atoms with Gasteiger partial charge >= 0.3 is 0 Å². The van der Waals surface area contributed by atoms with Gasteiger partial charge in [0.15, 0.2) is 0 Å². The Balaban J connectivity index is 0.00000200. The van der Waals surface area contributed by atoms with Crippen LogP contribution in [0, 0.1) is 0 Å². The second kappa shape index (κ2) is 10.4. The van der Waals surface area contributed by atoms with Crippen molar-refractivity contribution in [3.05, 3.63) is 24.3 Å². The van der Waals surface area contributed by atoms with Gasteiger partial charge in [0.2, 0.25) is 0 Å². The number of phenols is 1. The molecule has 2 N–H and O–H groups in total. The highest BCUT2D eigenvalue weighted by Gasteiger charge is 2.12. The van der Waals surface area contributed by atoms with Crippen molar-refractivity contribution in [3.8, 4) is 5.75 Å². The molecule has 1 heterocycles. The average molecular weight is 316 g/mol. The lowest BCUT2D eigenvalue weighted by atomic mass is 10.1. The smallest absolute Gasteiger partial charge is 0.115 e. The van der Waals surface area contributed by atoms with Crippen LogP contribution >= 0.6 is 11.8 Å². The zero-order valence-corrected chi connectivity index (χ0v) is 13.7. The summed E-state index contributed by atoms with van der Waals surface area (Å²) in [6, 6.07) is 7.53. The van der Waals surface area contributed by atoms with Crippen molar-refractivity contribution in [1.29, 1.82) is 0 Å². The lowest BCUT2D eigenvalue weighted by molar-refractivity contribution is -0.905. The predicted molar refractivity (Wildman–Crippen MR) is 82.1 cm³/mol. The Morgan fingerprint density at radius 1 is 0.950 bits per heavy atom. The first-order valence-electron chi connectivity index (χ1n) is 7.60. The lowest BCUT2D eigenvalue weighted by Crippen LogP contribution is -3.12. The van der Waals surface area contributed by atoms with Crippen molar-refractivity contribution >= 4 is 11.8 Å². The summed E-state index contributed by atoms with van der Waals surface area (Å²) in [5.41, 5.74) is 0. The predicted octanol–water partition coefficient (Wildman–Crippen LogP) is -0.273. The fourth-order valence-electron chi connectivity index (χ4n) is 2.69. The van der Waals surface area contributed by atoms with Crippen molar-refractivity contribution in [2.45, 2.75) is 43.4 Å². The van der Waals surface area contributed by atoms with Gasteiger partial charge in [-0.15, -0.1) is 11.8 Å². The zero-order chi connectivity index (χ0) is 13.3. The summed E-state index contributed by atoms with van der Waals surface area (Å²) in [6.07, 6.45) is 8.36. The molecule has 0 radical (unpaired) electrons. The lowest BCUT2D eigenvalue weighted by Gasteiger charge is -2.23. The van der Waals surface area contributed by atoms with Gasteiger partial charge in [-0.1, -0.05) is 0 Å². The molecular formula is C16H26ClNOS. The van der Waals surface area contributed by atoms with E-state index in [-0.39, 0.29) is 12.4 Å². The number of unbranched alkanes of at least 4 members (excludes halogenated alkanes) is 2. The number of rotatable bonds is 7. The maximum Gasteiger partial charge on any atom is 0.115 e. The molecule has 2 nitrogen and oxygen atoms in total. The summed E-state index contributed by atoms with van der Waals surface area (Å²) in [5, 5.41) is 9.21. The van der Waals surface area contributed by atoms with Crippen LogP contribution in [0.1, 0.15) is 38.5 Å². The van der Waals surface area contributed by atoms with Crippen molar-refractivity contribution in [3.63, 3.8) is 0 Å². The third-order valence-electron chi connectivity index (χ3n) is 3.84. The third-order valence-corrected chi connectivity index (χ3v) is 4.94. The molecule has 1 saturated heterocycles. The Morgan fingerprint density at radius 2 is 1.65 bits per heavy atom. The number of likely N-dealkylation sites (tertiary alicyclic amines) is 1. The van der Waals surface area contributed by atoms with Gasteiger partial charge < -0.3 is 22.4 Å². The number of nitrogens with one attached hydrogen (secondary N) is 1. The van der Waals surface area contributed by atoms with E-state index in [4.69, 9.17) is 0 Å². The number of benzene rings is 1. The molecule has 20 heavy (non-hydrogen) atoms. The molecule has 0 amide bonds. The number of quaternary nitrogens is 1. The summed E-state index contributed by atoms with van der Waals surface area (Å²) in [5.74, 6) is 1.55. The number of phenolic OH excluding ortho intramolecular Hbond substituents is 1. The summed E-state index contributed by atoms with van der Waals surface area (Å²) in [4.78, 5) is 3.09. The minimum Gasteiger partial charge on any atom is -1.00 e. The largest absolute Gasteiger partial charge is 1.00 e. The SMILES string of the molecule is Oc1ccc(SCCCCC[NH+]2CCCCC2)cc1.[Cl-]. The molecule has 0 aromatic heterocycles. The summed E-state index contributed by atoms with van der Waals surface area (Å²) >= 11 is 1.90. The first-order chi connectivity index (χ1) is 9.34. The molecule has 1 fully saturated rings. The van der Waals surface area contributed by atoms with Crippen molar-refractivity contribution < 1.29 is 22.4 Å². The second-order valence-corrected chi connectivity index (χ2v) is 6.63. The molecule has 2 rings (SSSR count). The maximum atomic E-state index is 9.21. The van der Waals surface area contributed by atoms with Gasteiger partial charge in [-0.25, -0.2) is 0 Å². The van der Waals surface area contributed by atoms with Crippen LogP contribution in [-0.4, -0.2) is 30.5 Å². The molecule has 0 unspecified atom stereocenters. The third kappa shape index (κ3) is 6.87. The number of hydrogen-bond donors (Lipinski definition) is 2. The number of hydrogen-bond acceptors (Lipinski definition) is 2. The molecule has 1 aliphatic rings. The van der Waals surface area contributed by atoms with E-state index >= 15 is 0 Å². The van der Waals surface area contributed by atoms with E-state index in [2.05, 4.69) is 0 Å². The number of aromatic hydroxyl groups is 1. The highest BCUT2D eigenvalue weighted by molar-refractivity contribution is 7.99. The second-order valence-electron chi connectivity index (χ2n) is 5.46. The summed E-state index contributed by atoms with van der Waals surface area (Å²) in [7, 11) is 0. The van der Waals surface area contributed by atoms with Gasteiger partial charge in [-0.05, 0) is 68.5 Å². The van der Waals surface area contributed by atoms with E-state index < -0.39 is 0 Å². The maximum absolute atomic E-state index is 9.21. The molecular weight excluding hydrogens is 290 g/mol. The van der Waals surface area contributed by atoms with E-state index in [1.165, 1.54) is 68.8 Å². The van der Waals surface area contributed by atoms with Crippen LogP contribution in [0.25, 0.3) is 0 Å². The molecule has 4 heteroatoms. The quantitative estimate of drug-likeness (QED) is 0.535. The minimum atomic E-state index is 0. The monoisotopic (exact) mass is 315 g/mol. The summed E-state index contributed by atoms with van der Waals surface area (Å²) in [6.45, 7) is 4.19. The van der Waals surface area contributed by atoms with E-state index in [1.54, 1.807) is 12.1 Å². The van der Waals surface area contributed by atoms with Crippen molar-refractivity contribution in [2.75, 3.05) is 25.4 Å². The molecule has 1 aliphatic heterocycles. The molecule has 1 aromatic rings. The van der Waals surface area contributed by atoms with E-state index in [9.17, 15) is 5.11 Å². The van der Waals surface area contributed by atoms with Gasteiger partial charge in [0.25, 0.3) is 0 Å². The molecule has 0 saturated carbocycles. The van der Waals surface area contributed by atoms with E-state index in [1.807, 2.05) is 28.8 Å². The zero-order valence-electron chi connectivity index (χ0n) is 12.1. The Hall–Kier alpha value is -0.380. The van der Waals surface area contributed by atoms with Crippen LogP contribution < -0.4 is 17.3 Å². The molecule has 1 aromatic carbocycles. The highest BCUT2D eigenvalue weighted by Crippen LogP contribution is 2.21. The number of thioether (sulfide) groups is 1. The van der Waals surface area contributed by atoms with Gasteiger partial charge in [-0.2, -0.15) is 0 Å². The van der Waals surface area contributed by atoms with Crippen LogP contribution in [0.4, 0.5) is 0 Å². The Kier molecular flexibility index (Phi) is 9.16. The van der Waals surface area contributed by atoms with Crippen molar-refractivity contribution in [1.82, 2.24) is 0 Å². The highest BCUT2D eigenvalue weighted by atomic mass is 35.5. The van der Waals surface area contributed by atoms with Crippen LogP contribution in [-0.2, 0) is 0 Å². The van der Waals surface area contributed by atoms with Gasteiger partial charge in [-0.3, -0.25) is 0 Å². The fraction of sp³-hybridized carbons (Fsp3) is 0.625. The molecule has 114 valence electrons. The fourth-order valence-corrected chi connectivity index (χ4v) is 3.60. The van der Waals surface area contributed by atoms with Gasteiger partial charge in [0.05, 0.1) is 19.6 Å². The van der Waals surface area contributed by atoms with E-state index in [0.29, 0.717) is 5.75 Å². The molecule has 0 aliphatic carbocycles. The van der Waals surface area contributed by atoms with Gasteiger partial charge in [0.1, 0.15) is 5.75 Å². The molecule has 0 bridgehead atoms. The Labute approximate surface area is 133 Å². The average Bonchev–Trinajstić information content (AvgIpc) is 2.46. The Bertz CT molecular complexity index is 352. The van der Waals surface area contributed by atoms with Crippen LogP contribution in [0.2, 0.25) is 0 Å². The van der Waals surface area contributed by atoms with Crippen LogP contribution in [0.5, 0.6) is 5.75 Å². The van der Waals surface area contributed by atoms with Gasteiger partial charge in [0, 0.05) is 4.90 Å². The van der Waals surface area contributed by atoms with E-state index in [0.717, 1.165) is 0 Å². The first-order valence-corrected chi connectivity index (χ1v) is 8.58. The minimum absolute atomic E-state index is 0. The topological polar surface area (TPSA) is 24.7 Å². The molecule has 0 spiro atoms. The first kappa shape index (κ1) is 17.7. The number of piperidine rings is 1. The standard InChI is InChI=1S/C16H25NOS.ClH/c18-15-7-9-16(10-8-15)19-14-6-2-5-13-17-11-3-1-4-12-17;/h7-10,18H,1-6,11-14H2;1H. The summed E-state index contributed by atoms with van der Waals surface area (Å²) < 4.78 is 0. The van der Waals surface area contributed by atoms with Crippen molar-refractivity contribution in [2.24, 2.45) is 0 Å². The van der Waals surface area contributed by atoms with Crippen LogP contribution in [0.3, 0.4) is 0 Å². The van der Waals surface area contributed by atoms with Crippen LogP contribution in [0.15, 0.2) is 29.2 Å². The molecule has 0 atom stereocenters. The normalized spacial score (nSPS) is 15.8. The Morgan fingerprint density at radius 3 is 2.35 bits per heavy atom. The number of halogens is 1.